The number of imidazole rings is 1. The van der Waals surface area contributed by atoms with Crippen molar-refractivity contribution in [2.45, 2.75) is 31.7 Å². The number of aryl methyl sites for hydroxylation is 1. The maximum Gasteiger partial charge on any atom is 0.280 e. The Morgan fingerprint density at radius 1 is 0.978 bits per heavy atom. The topological polar surface area (TPSA) is 151 Å². The molecule has 6 rings (SSSR count). The van der Waals surface area contributed by atoms with Crippen molar-refractivity contribution in [3.8, 4) is 21.8 Å². The Kier molecular flexibility index (Phi) is 8.69. The van der Waals surface area contributed by atoms with Crippen LogP contribution in [0.2, 0.25) is 0 Å². The van der Waals surface area contributed by atoms with Crippen molar-refractivity contribution in [2.75, 3.05) is 41.1 Å². The van der Waals surface area contributed by atoms with Crippen LogP contribution in [0.4, 0.5) is 23.1 Å². The minimum atomic E-state index is -3.86. The van der Waals surface area contributed by atoms with Crippen LogP contribution in [0.3, 0.4) is 0 Å². The van der Waals surface area contributed by atoms with E-state index in [1.807, 2.05) is 29.2 Å². The minimum Gasteiger partial charge on any atom is -0.353 e. The maximum absolute atomic E-state index is 12.9. The van der Waals surface area contributed by atoms with Crippen molar-refractivity contribution >= 4 is 50.4 Å². The van der Waals surface area contributed by atoms with Crippen molar-refractivity contribution in [1.29, 1.82) is 0 Å². The number of pyridine rings is 1. The Bertz CT molecular complexity index is 1960. The first-order chi connectivity index (χ1) is 22.1. The van der Waals surface area contributed by atoms with Crippen molar-refractivity contribution in [3.63, 3.8) is 0 Å². The molecule has 1 aromatic carbocycles. The molecule has 1 saturated heterocycles. The summed E-state index contributed by atoms with van der Waals surface area (Å²) in [6.07, 6.45) is 6.33. The second-order valence-corrected chi connectivity index (χ2v) is 13.9. The Morgan fingerprint density at radius 3 is 2.46 bits per heavy atom. The van der Waals surface area contributed by atoms with Crippen molar-refractivity contribution in [2.24, 2.45) is 7.05 Å². The molecule has 0 radical (unpaired) electrons. The van der Waals surface area contributed by atoms with Crippen molar-refractivity contribution in [3.05, 3.63) is 72.4 Å². The lowest BCUT2D eigenvalue weighted by molar-refractivity contribution is -0.129. The maximum atomic E-state index is 12.9. The van der Waals surface area contributed by atoms with Gasteiger partial charge in [-0.05, 0) is 30.3 Å². The fourth-order valence-electron chi connectivity index (χ4n) is 4.99. The zero-order valence-electron chi connectivity index (χ0n) is 25.9. The SMILES string of the molecule is CC(=O)N1CCN(c2ccc(Nc3nccc(-c4sc(C(C)C)nc4-c4cccc(NS(=O)(=O)c5cn(C)cn5)c4)n3)cn2)CC1. The highest BCUT2D eigenvalue weighted by atomic mass is 32.2. The summed E-state index contributed by atoms with van der Waals surface area (Å²) in [6, 6.07) is 12.9. The fourth-order valence-corrected chi connectivity index (χ4v) is 7.08. The Hall–Kier alpha value is -4.89. The third-order valence-corrected chi connectivity index (χ3v) is 10.1. The highest BCUT2D eigenvalue weighted by Crippen LogP contribution is 2.39. The number of hydrogen-bond donors (Lipinski definition) is 2. The van der Waals surface area contributed by atoms with E-state index in [0.717, 1.165) is 40.0 Å². The number of nitrogens with zero attached hydrogens (tertiary/aromatic N) is 8. The smallest absolute Gasteiger partial charge is 0.280 e. The molecule has 1 amide bonds. The van der Waals surface area contributed by atoms with Gasteiger partial charge in [-0.1, -0.05) is 26.0 Å². The van der Waals surface area contributed by atoms with E-state index >= 15 is 0 Å². The van der Waals surface area contributed by atoms with Gasteiger partial charge in [-0.2, -0.15) is 8.42 Å². The lowest BCUT2D eigenvalue weighted by Gasteiger charge is -2.34. The van der Waals surface area contributed by atoms with E-state index in [-0.39, 0.29) is 16.9 Å². The van der Waals surface area contributed by atoms with Gasteiger partial charge in [-0.15, -0.1) is 11.3 Å². The average Bonchev–Trinajstić information content (AvgIpc) is 3.70. The summed E-state index contributed by atoms with van der Waals surface area (Å²) in [6.45, 7) is 8.59. The highest BCUT2D eigenvalue weighted by molar-refractivity contribution is 7.92. The Balaban J connectivity index is 1.23. The monoisotopic (exact) mass is 658 g/mol. The van der Waals surface area contributed by atoms with Crippen LogP contribution >= 0.6 is 11.3 Å². The minimum absolute atomic E-state index is 0.0600. The molecule has 0 spiro atoms. The quantitative estimate of drug-likeness (QED) is 0.227. The normalized spacial score (nSPS) is 13.7. The van der Waals surface area contributed by atoms with E-state index < -0.39 is 10.0 Å². The molecule has 1 aliphatic heterocycles. The van der Waals surface area contributed by atoms with Crippen LogP contribution in [-0.4, -0.2) is 74.9 Å². The van der Waals surface area contributed by atoms with Crippen LogP contribution in [0.1, 0.15) is 31.7 Å². The van der Waals surface area contributed by atoms with Crippen molar-refractivity contribution < 1.29 is 13.2 Å². The number of hydrogen-bond acceptors (Lipinski definition) is 11. The van der Waals surface area contributed by atoms with E-state index in [9.17, 15) is 13.2 Å². The standard InChI is InChI=1S/C31H34N10O3S2/c1-20(2)30-37-28(22-6-5-7-23(16-22)38-46(43,44)27-18-39(4)19-34-27)29(45-30)25-10-11-32-31(36-25)35-24-8-9-26(33-17-24)41-14-12-40(13-15-41)21(3)42/h5-11,16-20,38H,12-15H2,1-4H3,(H,32,35,36). The molecule has 238 valence electrons. The van der Waals surface area contributed by atoms with Gasteiger partial charge in [0.05, 0.1) is 39.5 Å². The van der Waals surface area contributed by atoms with Gasteiger partial charge in [0.2, 0.25) is 11.9 Å². The molecular weight excluding hydrogens is 625 g/mol. The number of amides is 1. The summed E-state index contributed by atoms with van der Waals surface area (Å²) in [5.41, 5.74) is 3.27. The predicted octanol–water partition coefficient (Wildman–Crippen LogP) is 4.73. The fraction of sp³-hybridized carbons (Fsp3) is 0.290. The van der Waals surface area contributed by atoms with Gasteiger partial charge in [-0.3, -0.25) is 9.52 Å². The number of carbonyl (C=O) groups is 1. The molecular formula is C31H34N10O3S2. The highest BCUT2D eigenvalue weighted by Gasteiger charge is 2.22. The molecule has 46 heavy (non-hydrogen) atoms. The van der Waals surface area contributed by atoms with Crippen LogP contribution in [0.15, 0.2) is 72.4 Å². The molecule has 0 aliphatic carbocycles. The third kappa shape index (κ3) is 6.84. The summed E-state index contributed by atoms with van der Waals surface area (Å²) in [5.74, 6) is 1.53. The Morgan fingerprint density at radius 2 is 1.78 bits per heavy atom. The first kappa shape index (κ1) is 31.1. The molecule has 5 heterocycles. The van der Waals surface area contributed by atoms with Crippen LogP contribution < -0.4 is 14.9 Å². The number of rotatable bonds is 9. The van der Waals surface area contributed by atoms with Crippen LogP contribution in [0.5, 0.6) is 0 Å². The molecule has 5 aromatic rings. The second kappa shape index (κ2) is 12.8. The molecule has 2 N–H and O–H groups in total. The molecule has 0 bridgehead atoms. The number of nitrogens with one attached hydrogen (secondary N) is 2. The second-order valence-electron chi connectivity index (χ2n) is 11.2. The van der Waals surface area contributed by atoms with Crippen molar-refractivity contribution in [1.82, 2.24) is 34.4 Å². The molecule has 0 atom stereocenters. The van der Waals surface area contributed by atoms with Gasteiger partial charge in [0.25, 0.3) is 10.0 Å². The van der Waals surface area contributed by atoms with E-state index in [1.54, 1.807) is 60.5 Å². The molecule has 0 unspecified atom stereocenters. The van der Waals surface area contributed by atoms with Gasteiger partial charge in [-0.25, -0.2) is 24.9 Å². The summed E-state index contributed by atoms with van der Waals surface area (Å²) in [5, 5.41) is 4.12. The first-order valence-corrected chi connectivity index (χ1v) is 17.0. The Labute approximate surface area is 271 Å². The number of benzene rings is 1. The molecule has 1 fully saturated rings. The van der Waals surface area contributed by atoms with Gasteiger partial charge in [0.15, 0.2) is 5.03 Å². The largest absolute Gasteiger partial charge is 0.353 e. The number of sulfonamides is 1. The molecule has 15 heteroatoms. The zero-order valence-corrected chi connectivity index (χ0v) is 27.5. The number of aromatic nitrogens is 6. The van der Waals surface area contributed by atoms with E-state index in [4.69, 9.17) is 9.97 Å². The summed E-state index contributed by atoms with van der Waals surface area (Å²) < 4.78 is 30.0. The van der Waals surface area contributed by atoms with Gasteiger partial charge in [0.1, 0.15) is 5.82 Å². The summed E-state index contributed by atoms with van der Waals surface area (Å²) in [7, 11) is -2.15. The predicted molar refractivity (Wildman–Crippen MR) is 179 cm³/mol. The third-order valence-electron chi connectivity index (χ3n) is 7.42. The lowest BCUT2D eigenvalue weighted by atomic mass is 10.1. The van der Waals surface area contributed by atoms with E-state index in [1.165, 1.54) is 12.5 Å². The molecule has 0 saturated carbocycles. The van der Waals surface area contributed by atoms with Gasteiger partial charge < -0.3 is 19.7 Å². The number of carbonyl (C=O) groups excluding carboxylic acids is 1. The summed E-state index contributed by atoms with van der Waals surface area (Å²) >= 11 is 1.55. The van der Waals surface area contributed by atoms with Crippen LogP contribution in [-0.2, 0) is 21.9 Å². The van der Waals surface area contributed by atoms with Gasteiger partial charge >= 0.3 is 0 Å². The van der Waals surface area contributed by atoms with Crippen LogP contribution in [0, 0.1) is 0 Å². The first-order valence-electron chi connectivity index (χ1n) is 14.7. The average molecular weight is 659 g/mol. The van der Waals surface area contributed by atoms with E-state index in [2.05, 4.69) is 43.7 Å². The summed E-state index contributed by atoms with van der Waals surface area (Å²) in [4.78, 5) is 39.3. The number of piperazine rings is 1. The van der Waals surface area contributed by atoms with E-state index in [0.29, 0.717) is 36.1 Å². The molecule has 4 aromatic heterocycles. The molecule has 1 aliphatic rings. The number of anilines is 4. The molecule has 13 nitrogen and oxygen atoms in total. The van der Waals surface area contributed by atoms with Crippen LogP contribution in [0.25, 0.3) is 21.8 Å². The number of thiazole rings is 1. The lowest BCUT2D eigenvalue weighted by Crippen LogP contribution is -2.48. The zero-order chi connectivity index (χ0) is 32.4. The van der Waals surface area contributed by atoms with Gasteiger partial charge in [0, 0.05) is 69.7 Å².